The number of carbonyl (C=O) groups is 1. The van der Waals surface area contributed by atoms with Crippen LogP contribution in [0.15, 0.2) is 34.2 Å². The number of nitriles is 1. The third kappa shape index (κ3) is 3.68. The van der Waals surface area contributed by atoms with E-state index in [1.54, 1.807) is 35.8 Å². The number of fused-ring (bicyclic) bond motifs is 1. The molecule has 0 unspecified atom stereocenters. The normalized spacial score (nSPS) is 12.0. The van der Waals surface area contributed by atoms with Gasteiger partial charge in [0.15, 0.2) is 5.16 Å². The van der Waals surface area contributed by atoms with E-state index in [0.717, 1.165) is 10.4 Å². The lowest BCUT2D eigenvalue weighted by atomic mass is 10.2. The summed E-state index contributed by atoms with van der Waals surface area (Å²) >= 11 is 2.74. The van der Waals surface area contributed by atoms with E-state index in [1.165, 1.54) is 23.1 Å². The summed E-state index contributed by atoms with van der Waals surface area (Å²) in [4.78, 5) is 32.0. The van der Waals surface area contributed by atoms with Crippen molar-refractivity contribution in [2.24, 2.45) is 0 Å². The molecule has 28 heavy (non-hydrogen) atoms. The summed E-state index contributed by atoms with van der Waals surface area (Å²) < 4.78 is 1.61. The third-order valence-electron chi connectivity index (χ3n) is 4.53. The van der Waals surface area contributed by atoms with Gasteiger partial charge in [-0.1, -0.05) is 23.9 Å². The predicted molar refractivity (Wildman–Crippen MR) is 114 cm³/mol. The monoisotopic (exact) mass is 412 g/mol. The van der Waals surface area contributed by atoms with Gasteiger partial charge in [0.2, 0.25) is 5.91 Å². The minimum absolute atomic E-state index is 0.0701. The first kappa shape index (κ1) is 20.1. The molecule has 1 atom stereocenters. The summed E-state index contributed by atoms with van der Waals surface area (Å²) in [6.07, 6.45) is 0. The number of hydrogen-bond acceptors (Lipinski definition) is 6. The lowest BCUT2D eigenvalue weighted by molar-refractivity contribution is -0.115. The summed E-state index contributed by atoms with van der Waals surface area (Å²) in [7, 11) is 0. The number of nitrogens with one attached hydrogen (secondary N) is 1. The zero-order valence-corrected chi connectivity index (χ0v) is 17.7. The summed E-state index contributed by atoms with van der Waals surface area (Å²) in [5.74, 6) is -0.247. The van der Waals surface area contributed by atoms with Crippen LogP contribution in [0.2, 0.25) is 0 Å². The Bertz CT molecular complexity index is 1160. The Kier molecular flexibility index (Phi) is 5.87. The fourth-order valence-electron chi connectivity index (χ4n) is 2.81. The number of thiophene rings is 1. The summed E-state index contributed by atoms with van der Waals surface area (Å²) in [5.41, 5.74) is 1.78. The maximum absolute atomic E-state index is 12.9. The standard InChI is InChI=1S/C20H20N4O2S2/c1-5-24-19(26)16-11(2)12(3)27-18(16)23-20(24)28-13(4)17(25)22-15-9-7-6-8-14(15)10-21/h6-9,13H,5H2,1-4H3,(H,22,25)/t13-/m0/s1. The van der Waals surface area contributed by atoms with Crippen LogP contribution in [-0.2, 0) is 11.3 Å². The highest BCUT2D eigenvalue weighted by Crippen LogP contribution is 2.30. The molecule has 1 N–H and O–H groups in total. The van der Waals surface area contributed by atoms with Gasteiger partial charge in [-0.3, -0.25) is 14.2 Å². The van der Waals surface area contributed by atoms with Crippen molar-refractivity contribution < 1.29 is 4.79 Å². The lowest BCUT2D eigenvalue weighted by Crippen LogP contribution is -2.26. The molecule has 0 aliphatic rings. The second kappa shape index (κ2) is 8.17. The molecule has 0 fully saturated rings. The molecule has 0 aliphatic carbocycles. The molecule has 144 valence electrons. The molecule has 2 heterocycles. The quantitative estimate of drug-likeness (QED) is 0.504. The number of benzene rings is 1. The van der Waals surface area contributed by atoms with Crippen molar-refractivity contribution in [3.8, 4) is 6.07 Å². The number of aromatic nitrogens is 2. The van der Waals surface area contributed by atoms with Crippen molar-refractivity contribution in [2.75, 3.05) is 5.32 Å². The van der Waals surface area contributed by atoms with Crippen molar-refractivity contribution in [3.05, 3.63) is 50.6 Å². The highest BCUT2D eigenvalue weighted by atomic mass is 32.2. The molecule has 0 saturated carbocycles. The summed E-state index contributed by atoms with van der Waals surface area (Å²) in [6, 6.07) is 8.92. The van der Waals surface area contributed by atoms with Gasteiger partial charge in [-0.05, 0) is 45.4 Å². The van der Waals surface area contributed by atoms with Gasteiger partial charge >= 0.3 is 0 Å². The highest BCUT2D eigenvalue weighted by Gasteiger charge is 2.21. The number of nitrogens with zero attached hydrogens (tertiary/aromatic N) is 3. The minimum Gasteiger partial charge on any atom is -0.324 e. The number of aryl methyl sites for hydroxylation is 2. The Labute approximate surface area is 171 Å². The molecular weight excluding hydrogens is 392 g/mol. The topological polar surface area (TPSA) is 87.8 Å². The molecule has 1 aromatic carbocycles. The van der Waals surface area contributed by atoms with Crippen LogP contribution < -0.4 is 10.9 Å². The van der Waals surface area contributed by atoms with Gasteiger partial charge < -0.3 is 5.32 Å². The molecule has 3 rings (SSSR count). The highest BCUT2D eigenvalue weighted by molar-refractivity contribution is 8.00. The van der Waals surface area contributed by atoms with E-state index < -0.39 is 5.25 Å². The summed E-state index contributed by atoms with van der Waals surface area (Å²) in [5, 5.41) is 12.7. The van der Waals surface area contributed by atoms with Crippen LogP contribution in [0.1, 0.15) is 29.9 Å². The number of rotatable bonds is 5. The SMILES string of the molecule is CCn1c(S[C@@H](C)C(=O)Nc2ccccc2C#N)nc2sc(C)c(C)c2c1=O. The van der Waals surface area contributed by atoms with Gasteiger partial charge in [0.05, 0.1) is 21.9 Å². The number of hydrogen-bond donors (Lipinski definition) is 1. The first-order chi connectivity index (χ1) is 13.4. The Balaban J connectivity index is 1.90. The van der Waals surface area contributed by atoms with Gasteiger partial charge in [-0.2, -0.15) is 5.26 Å². The molecule has 0 spiro atoms. The van der Waals surface area contributed by atoms with Crippen molar-refractivity contribution in [1.82, 2.24) is 9.55 Å². The molecule has 6 nitrogen and oxygen atoms in total. The van der Waals surface area contributed by atoms with Crippen LogP contribution in [0, 0.1) is 25.2 Å². The van der Waals surface area contributed by atoms with E-state index >= 15 is 0 Å². The van der Waals surface area contributed by atoms with Crippen LogP contribution in [0.5, 0.6) is 0 Å². The van der Waals surface area contributed by atoms with Gasteiger partial charge in [0.25, 0.3) is 5.56 Å². The Morgan fingerprint density at radius 3 is 2.79 bits per heavy atom. The first-order valence-electron chi connectivity index (χ1n) is 8.84. The molecule has 3 aromatic rings. The van der Waals surface area contributed by atoms with Gasteiger partial charge in [-0.25, -0.2) is 4.98 Å². The van der Waals surface area contributed by atoms with Gasteiger partial charge in [0.1, 0.15) is 10.9 Å². The van der Waals surface area contributed by atoms with E-state index in [4.69, 9.17) is 0 Å². The second-order valence-corrected chi connectivity index (χ2v) is 8.83. The molecular formula is C20H20N4O2S2. The van der Waals surface area contributed by atoms with Crippen LogP contribution >= 0.6 is 23.1 Å². The molecule has 8 heteroatoms. The van der Waals surface area contributed by atoms with E-state index in [9.17, 15) is 14.9 Å². The number of amides is 1. The van der Waals surface area contributed by atoms with Crippen molar-refractivity contribution in [2.45, 2.75) is 44.6 Å². The fraction of sp³-hybridized carbons (Fsp3) is 0.300. The van der Waals surface area contributed by atoms with Gasteiger partial charge in [0, 0.05) is 11.4 Å². The van der Waals surface area contributed by atoms with Crippen LogP contribution in [0.3, 0.4) is 0 Å². The Morgan fingerprint density at radius 2 is 2.11 bits per heavy atom. The third-order valence-corrected chi connectivity index (χ3v) is 6.72. The second-order valence-electron chi connectivity index (χ2n) is 6.31. The van der Waals surface area contributed by atoms with E-state index in [0.29, 0.717) is 33.2 Å². The number of para-hydroxylation sites is 1. The van der Waals surface area contributed by atoms with Crippen molar-refractivity contribution in [1.29, 1.82) is 5.26 Å². The maximum Gasteiger partial charge on any atom is 0.263 e. The maximum atomic E-state index is 12.9. The zero-order chi connectivity index (χ0) is 20.4. The molecule has 1 amide bonds. The predicted octanol–water partition coefficient (Wildman–Crippen LogP) is 4.09. The summed E-state index contributed by atoms with van der Waals surface area (Å²) in [6.45, 7) is 8.04. The molecule has 2 aromatic heterocycles. The number of anilines is 1. The largest absolute Gasteiger partial charge is 0.324 e. The number of carbonyl (C=O) groups excluding carboxylic acids is 1. The minimum atomic E-state index is -0.490. The average molecular weight is 413 g/mol. The van der Waals surface area contributed by atoms with E-state index in [2.05, 4.69) is 16.4 Å². The van der Waals surface area contributed by atoms with Gasteiger partial charge in [-0.15, -0.1) is 11.3 Å². The van der Waals surface area contributed by atoms with Crippen molar-refractivity contribution in [3.63, 3.8) is 0 Å². The number of thioether (sulfide) groups is 1. The fourth-order valence-corrected chi connectivity index (χ4v) is 4.86. The Hall–Kier alpha value is -2.63. The average Bonchev–Trinajstić information content (AvgIpc) is 2.96. The molecule has 0 aliphatic heterocycles. The van der Waals surface area contributed by atoms with Crippen molar-refractivity contribution >= 4 is 44.9 Å². The van der Waals surface area contributed by atoms with E-state index in [1.807, 2.05) is 20.8 Å². The lowest BCUT2D eigenvalue weighted by Gasteiger charge is -2.15. The smallest absolute Gasteiger partial charge is 0.263 e. The zero-order valence-electron chi connectivity index (χ0n) is 16.1. The molecule has 0 radical (unpaired) electrons. The molecule has 0 saturated heterocycles. The molecule has 0 bridgehead atoms. The van der Waals surface area contributed by atoms with Crippen LogP contribution in [-0.4, -0.2) is 20.7 Å². The van der Waals surface area contributed by atoms with E-state index in [-0.39, 0.29) is 11.5 Å². The first-order valence-corrected chi connectivity index (χ1v) is 10.5. The van der Waals surface area contributed by atoms with Crippen LogP contribution in [0.25, 0.3) is 10.2 Å². The Morgan fingerprint density at radius 1 is 1.39 bits per heavy atom. The van der Waals surface area contributed by atoms with Crippen LogP contribution in [0.4, 0.5) is 5.69 Å².